The van der Waals surface area contributed by atoms with E-state index in [1.165, 1.54) is 18.5 Å². The fourth-order valence-corrected chi connectivity index (χ4v) is 3.73. The van der Waals surface area contributed by atoms with E-state index in [-0.39, 0.29) is 23.4 Å². The Kier molecular flexibility index (Phi) is 6.11. The third-order valence-corrected chi connectivity index (χ3v) is 5.23. The van der Waals surface area contributed by atoms with E-state index in [4.69, 9.17) is 0 Å². The third-order valence-electron chi connectivity index (χ3n) is 5.23. The number of nitrogens with zero attached hydrogens (tertiary/aromatic N) is 4. The van der Waals surface area contributed by atoms with Gasteiger partial charge in [0.25, 0.3) is 0 Å². The minimum absolute atomic E-state index is 0.0788. The molecule has 1 atom stereocenters. The van der Waals surface area contributed by atoms with Crippen LogP contribution in [0.1, 0.15) is 35.7 Å². The number of pyridine rings is 1. The Bertz CT molecular complexity index is 1060. The van der Waals surface area contributed by atoms with Gasteiger partial charge >= 0.3 is 6.36 Å². The number of hydrogen-bond acceptors (Lipinski definition) is 6. The van der Waals surface area contributed by atoms with Gasteiger partial charge in [-0.2, -0.15) is 4.39 Å². The molecule has 0 bridgehead atoms. The van der Waals surface area contributed by atoms with Gasteiger partial charge < -0.3 is 15.0 Å². The maximum atomic E-state index is 15.2. The highest BCUT2D eigenvalue weighted by molar-refractivity contribution is 5.53. The molecule has 1 aliphatic rings. The first-order chi connectivity index (χ1) is 15.3. The van der Waals surface area contributed by atoms with Crippen molar-refractivity contribution in [3.05, 3.63) is 71.6 Å². The second-order valence-electron chi connectivity index (χ2n) is 7.49. The number of rotatable bonds is 6. The monoisotopic (exact) mass is 447 g/mol. The molecule has 0 aliphatic carbocycles. The summed E-state index contributed by atoms with van der Waals surface area (Å²) in [6.07, 6.45) is -0.217. The van der Waals surface area contributed by atoms with Crippen LogP contribution in [0.15, 0.2) is 48.9 Å². The van der Waals surface area contributed by atoms with E-state index in [2.05, 4.69) is 25.0 Å². The van der Waals surface area contributed by atoms with Crippen LogP contribution in [-0.4, -0.2) is 27.9 Å². The van der Waals surface area contributed by atoms with Crippen LogP contribution in [0, 0.1) is 12.7 Å². The van der Waals surface area contributed by atoms with E-state index in [0.29, 0.717) is 13.1 Å². The van der Waals surface area contributed by atoms with Gasteiger partial charge in [-0.15, -0.1) is 13.2 Å². The van der Waals surface area contributed by atoms with Crippen LogP contribution in [0.4, 0.5) is 29.2 Å². The molecular formula is C22H21F4N5O. The topological polar surface area (TPSA) is 63.2 Å². The summed E-state index contributed by atoms with van der Waals surface area (Å²) in [5.41, 5.74) is 2.54. The highest BCUT2D eigenvalue weighted by Gasteiger charge is 2.32. The molecule has 1 N–H and O–H groups in total. The van der Waals surface area contributed by atoms with Crippen LogP contribution in [0.3, 0.4) is 0 Å². The van der Waals surface area contributed by atoms with Gasteiger partial charge in [0.1, 0.15) is 12.1 Å². The lowest BCUT2D eigenvalue weighted by Crippen LogP contribution is -2.25. The molecule has 2 aromatic heterocycles. The molecule has 0 spiro atoms. The summed E-state index contributed by atoms with van der Waals surface area (Å²) in [6, 6.07) is 9.21. The summed E-state index contributed by atoms with van der Waals surface area (Å²) in [5, 5.41) is 2.98. The Labute approximate surface area is 182 Å². The number of alkyl halides is 3. The summed E-state index contributed by atoms with van der Waals surface area (Å²) in [4.78, 5) is 14.2. The molecule has 3 heterocycles. The molecule has 0 amide bonds. The number of hydrogen-bond donors (Lipinski definition) is 1. The fraction of sp³-hybridized carbons (Fsp3) is 0.318. The Morgan fingerprint density at radius 2 is 1.88 bits per heavy atom. The van der Waals surface area contributed by atoms with Gasteiger partial charge in [-0.3, -0.25) is 4.98 Å². The molecule has 0 radical (unpaired) electrons. The van der Waals surface area contributed by atoms with Crippen molar-refractivity contribution in [3.63, 3.8) is 0 Å². The molecule has 1 aromatic carbocycles. The normalized spacial score (nSPS) is 16.3. The van der Waals surface area contributed by atoms with Gasteiger partial charge in [-0.25, -0.2) is 9.97 Å². The third kappa shape index (κ3) is 5.06. The summed E-state index contributed by atoms with van der Waals surface area (Å²) in [7, 11) is 0. The van der Waals surface area contributed by atoms with Gasteiger partial charge in [-0.1, -0.05) is 18.2 Å². The lowest BCUT2D eigenvalue weighted by molar-refractivity contribution is -0.274. The highest BCUT2D eigenvalue weighted by Crippen LogP contribution is 2.38. The zero-order valence-corrected chi connectivity index (χ0v) is 17.2. The number of aromatic nitrogens is 3. The lowest BCUT2D eigenvalue weighted by atomic mass is 10.0. The van der Waals surface area contributed by atoms with Crippen LogP contribution >= 0.6 is 0 Å². The molecule has 0 saturated carbocycles. The van der Waals surface area contributed by atoms with E-state index >= 15 is 4.39 Å². The quantitative estimate of drug-likeness (QED) is 0.526. The first-order valence-electron chi connectivity index (χ1n) is 10.1. The van der Waals surface area contributed by atoms with Crippen molar-refractivity contribution in [1.29, 1.82) is 0 Å². The van der Waals surface area contributed by atoms with Crippen LogP contribution in [0.5, 0.6) is 5.75 Å². The zero-order valence-electron chi connectivity index (χ0n) is 17.2. The molecule has 3 aromatic rings. The number of anilines is 2. The van der Waals surface area contributed by atoms with Gasteiger partial charge in [0.2, 0.25) is 5.82 Å². The summed E-state index contributed by atoms with van der Waals surface area (Å²) in [6.45, 7) is 2.81. The molecule has 1 fully saturated rings. The van der Waals surface area contributed by atoms with Crippen molar-refractivity contribution in [1.82, 2.24) is 15.0 Å². The fourth-order valence-electron chi connectivity index (χ4n) is 3.73. The SMILES string of the molecule is Cc1ccc(CNc2ncnc(N3CCCC3c3ccc(OC(F)(F)F)cc3)c2F)cn1. The van der Waals surface area contributed by atoms with E-state index in [1.807, 2.05) is 24.0 Å². The number of halogens is 4. The Balaban J connectivity index is 1.51. The smallest absolute Gasteiger partial charge is 0.406 e. The predicted molar refractivity (Wildman–Crippen MR) is 111 cm³/mol. The Hall–Kier alpha value is -3.43. The summed E-state index contributed by atoms with van der Waals surface area (Å²) >= 11 is 0. The van der Waals surface area contributed by atoms with Crippen molar-refractivity contribution in [3.8, 4) is 5.75 Å². The van der Waals surface area contributed by atoms with Crippen LogP contribution in [-0.2, 0) is 6.54 Å². The first-order valence-corrected chi connectivity index (χ1v) is 10.1. The van der Waals surface area contributed by atoms with Crippen LogP contribution in [0.2, 0.25) is 0 Å². The standard InChI is InChI=1S/C22H21F4N5O/c1-14-4-5-15(11-27-14)12-28-20-19(23)21(30-13-29-20)31-10-2-3-18(31)16-6-8-17(9-7-16)32-22(24,25)26/h4-9,11,13,18H,2-3,10,12H2,1H3,(H,28,29,30). The number of ether oxygens (including phenoxy) is 1. The van der Waals surface area contributed by atoms with Gasteiger partial charge in [-0.05, 0) is 49.1 Å². The van der Waals surface area contributed by atoms with Crippen molar-refractivity contribution in [2.75, 3.05) is 16.8 Å². The van der Waals surface area contributed by atoms with Crippen LogP contribution in [0.25, 0.3) is 0 Å². The van der Waals surface area contributed by atoms with Gasteiger partial charge in [0, 0.05) is 25.0 Å². The average Bonchev–Trinajstić information content (AvgIpc) is 3.23. The maximum Gasteiger partial charge on any atom is 0.573 e. The number of benzene rings is 1. The molecule has 1 aliphatic heterocycles. The lowest BCUT2D eigenvalue weighted by Gasteiger charge is -2.27. The number of nitrogens with one attached hydrogen (secondary N) is 1. The number of aryl methyl sites for hydroxylation is 1. The second kappa shape index (κ2) is 8.97. The van der Waals surface area contributed by atoms with Gasteiger partial charge in [0.05, 0.1) is 6.04 Å². The van der Waals surface area contributed by atoms with Crippen LogP contribution < -0.4 is 15.0 Å². The predicted octanol–water partition coefficient (Wildman–Crippen LogP) is 5.17. The van der Waals surface area contributed by atoms with E-state index in [0.717, 1.165) is 29.7 Å². The van der Waals surface area contributed by atoms with Crippen molar-refractivity contribution < 1.29 is 22.3 Å². The largest absolute Gasteiger partial charge is 0.573 e. The molecular weight excluding hydrogens is 426 g/mol. The van der Waals surface area contributed by atoms with Gasteiger partial charge in [0.15, 0.2) is 11.6 Å². The van der Waals surface area contributed by atoms with Crippen molar-refractivity contribution in [2.24, 2.45) is 0 Å². The molecule has 10 heteroatoms. The van der Waals surface area contributed by atoms with E-state index in [1.54, 1.807) is 18.3 Å². The molecule has 6 nitrogen and oxygen atoms in total. The molecule has 168 valence electrons. The Morgan fingerprint density at radius 1 is 1.09 bits per heavy atom. The van der Waals surface area contributed by atoms with E-state index in [9.17, 15) is 13.2 Å². The minimum Gasteiger partial charge on any atom is -0.406 e. The molecule has 1 unspecified atom stereocenters. The Morgan fingerprint density at radius 3 is 2.56 bits per heavy atom. The summed E-state index contributed by atoms with van der Waals surface area (Å²) in [5.74, 6) is -0.634. The van der Waals surface area contributed by atoms with Crippen molar-refractivity contribution in [2.45, 2.75) is 38.7 Å². The molecule has 32 heavy (non-hydrogen) atoms. The minimum atomic E-state index is -4.75. The molecule has 4 rings (SSSR count). The molecule has 1 saturated heterocycles. The van der Waals surface area contributed by atoms with Crippen molar-refractivity contribution >= 4 is 11.6 Å². The highest BCUT2D eigenvalue weighted by atomic mass is 19.4. The maximum absolute atomic E-state index is 15.2. The second-order valence-corrected chi connectivity index (χ2v) is 7.49. The summed E-state index contributed by atoms with van der Waals surface area (Å²) < 4.78 is 56.4. The first kappa shape index (κ1) is 21.8. The average molecular weight is 447 g/mol. The van der Waals surface area contributed by atoms with E-state index < -0.39 is 12.2 Å². The zero-order chi connectivity index (χ0) is 22.7.